The zero-order chi connectivity index (χ0) is 20.4. The number of nitrogens with one attached hydrogen (secondary N) is 4. The van der Waals surface area contributed by atoms with Gasteiger partial charge in [0.1, 0.15) is 11.4 Å². The zero-order valence-corrected chi connectivity index (χ0v) is 15.3. The van der Waals surface area contributed by atoms with Gasteiger partial charge >= 0.3 is 6.03 Å². The van der Waals surface area contributed by atoms with Crippen molar-refractivity contribution in [3.05, 3.63) is 65.2 Å². The van der Waals surface area contributed by atoms with Crippen LogP contribution in [0.1, 0.15) is 5.69 Å². The molecule has 0 atom stereocenters. The number of halogens is 3. The predicted octanol–water partition coefficient (Wildman–Crippen LogP) is 4.33. The van der Waals surface area contributed by atoms with Crippen LogP contribution in [0.5, 0.6) is 11.5 Å². The van der Waals surface area contributed by atoms with E-state index in [2.05, 4.69) is 30.8 Å². The highest BCUT2D eigenvalue weighted by Gasteiger charge is 2.18. The van der Waals surface area contributed by atoms with Gasteiger partial charge in [-0.05, 0) is 12.1 Å². The number of fused-ring (bicyclic) bond motifs is 1. The first-order valence-corrected chi connectivity index (χ1v) is 8.70. The molecule has 2 amide bonds. The van der Waals surface area contributed by atoms with E-state index in [1.165, 1.54) is 24.7 Å². The van der Waals surface area contributed by atoms with Crippen LogP contribution in [0.15, 0.2) is 42.9 Å². The Labute approximate surface area is 167 Å². The molecule has 4 aromatic rings. The topological polar surface area (TPSA) is 108 Å². The van der Waals surface area contributed by atoms with Gasteiger partial charge in [-0.1, -0.05) is 11.6 Å². The van der Waals surface area contributed by atoms with Crippen molar-refractivity contribution in [2.24, 2.45) is 0 Å². The number of H-pyrrole nitrogens is 2. The number of carbonyl (C=O) groups is 1. The maximum absolute atomic E-state index is 14.5. The number of amides is 2. The fourth-order valence-electron chi connectivity index (χ4n) is 2.65. The molecule has 0 unspecified atom stereocenters. The van der Waals surface area contributed by atoms with Gasteiger partial charge in [-0.15, -0.1) is 0 Å². The Bertz CT molecular complexity index is 1160. The number of aromatic amines is 2. The summed E-state index contributed by atoms with van der Waals surface area (Å²) >= 11 is 6.07. The standard InChI is InChI=1S/C18H13ClF2N6O2/c19-11-8-23-17-15(11)14(2-3-22-17)29-16-12(20)5-10(6-13(16)21)26-18(28)24-7-9-1-4-25-27-9/h1-6,8H,7H2,(H,22,23)(H,25,27)(H2,24,26,28). The van der Waals surface area contributed by atoms with Crippen molar-refractivity contribution < 1.29 is 18.3 Å². The van der Waals surface area contributed by atoms with E-state index in [-0.39, 0.29) is 18.0 Å². The molecule has 0 saturated carbocycles. The summed E-state index contributed by atoms with van der Waals surface area (Å²) in [5.74, 6) is -2.48. The van der Waals surface area contributed by atoms with Crippen LogP contribution >= 0.6 is 11.6 Å². The number of benzene rings is 1. The van der Waals surface area contributed by atoms with Crippen LogP contribution in [-0.2, 0) is 6.54 Å². The summed E-state index contributed by atoms with van der Waals surface area (Å²) in [4.78, 5) is 18.8. The summed E-state index contributed by atoms with van der Waals surface area (Å²) in [5.41, 5.74) is 1.02. The van der Waals surface area contributed by atoms with Gasteiger partial charge in [0.05, 0.1) is 22.6 Å². The number of hydrogen-bond donors (Lipinski definition) is 4. The molecule has 148 valence electrons. The first-order valence-electron chi connectivity index (χ1n) is 8.33. The molecular weight excluding hydrogens is 406 g/mol. The Morgan fingerprint density at radius 2 is 2.00 bits per heavy atom. The molecule has 0 aliphatic rings. The van der Waals surface area contributed by atoms with Gasteiger partial charge in [0, 0.05) is 36.4 Å². The number of urea groups is 1. The van der Waals surface area contributed by atoms with Crippen LogP contribution in [0.3, 0.4) is 0 Å². The molecule has 0 bridgehead atoms. The van der Waals surface area contributed by atoms with E-state index in [0.29, 0.717) is 21.7 Å². The van der Waals surface area contributed by atoms with Crippen molar-refractivity contribution in [1.29, 1.82) is 0 Å². The molecule has 3 aromatic heterocycles. The van der Waals surface area contributed by atoms with Gasteiger partial charge in [-0.2, -0.15) is 5.10 Å². The lowest BCUT2D eigenvalue weighted by molar-refractivity contribution is 0.251. The number of anilines is 1. The Morgan fingerprint density at radius 3 is 2.72 bits per heavy atom. The number of rotatable bonds is 5. The van der Waals surface area contributed by atoms with E-state index in [1.54, 1.807) is 6.07 Å². The molecule has 0 fully saturated rings. The van der Waals surface area contributed by atoms with E-state index in [1.807, 2.05) is 0 Å². The minimum Gasteiger partial charge on any atom is -0.450 e. The zero-order valence-electron chi connectivity index (χ0n) is 14.6. The third kappa shape index (κ3) is 3.97. The van der Waals surface area contributed by atoms with Crippen LogP contribution in [0.4, 0.5) is 19.3 Å². The normalized spacial score (nSPS) is 10.9. The first kappa shape index (κ1) is 18.7. The number of pyridine rings is 1. The Morgan fingerprint density at radius 1 is 1.21 bits per heavy atom. The third-order valence-corrected chi connectivity index (χ3v) is 4.25. The van der Waals surface area contributed by atoms with Gasteiger partial charge in [-0.3, -0.25) is 5.10 Å². The number of nitrogens with zero attached hydrogens (tertiary/aromatic N) is 2. The highest BCUT2D eigenvalue weighted by atomic mass is 35.5. The Kier molecular flexibility index (Phi) is 5.00. The van der Waals surface area contributed by atoms with Gasteiger partial charge in [0.15, 0.2) is 17.4 Å². The molecular formula is C18H13ClF2N6O2. The van der Waals surface area contributed by atoms with Crippen LogP contribution < -0.4 is 15.4 Å². The average Bonchev–Trinajstić information content (AvgIpc) is 3.33. The molecule has 4 N–H and O–H groups in total. The maximum atomic E-state index is 14.5. The van der Waals surface area contributed by atoms with Crippen molar-refractivity contribution in [3.8, 4) is 11.5 Å². The fourth-order valence-corrected chi connectivity index (χ4v) is 2.88. The largest absolute Gasteiger partial charge is 0.450 e. The smallest absolute Gasteiger partial charge is 0.319 e. The fraction of sp³-hybridized carbons (Fsp3) is 0.0556. The van der Waals surface area contributed by atoms with Gasteiger partial charge < -0.3 is 20.4 Å². The summed E-state index contributed by atoms with van der Waals surface area (Å²) < 4.78 is 34.4. The molecule has 29 heavy (non-hydrogen) atoms. The van der Waals surface area contributed by atoms with E-state index >= 15 is 0 Å². The SMILES string of the molecule is O=C(NCc1ccn[nH]1)Nc1cc(F)c(Oc2ccnc3[nH]cc(Cl)c23)c(F)c1. The van der Waals surface area contributed by atoms with Crippen molar-refractivity contribution in [2.75, 3.05) is 5.32 Å². The molecule has 0 aliphatic carbocycles. The molecule has 4 rings (SSSR count). The van der Waals surface area contributed by atoms with Gasteiger partial charge in [-0.25, -0.2) is 18.6 Å². The summed E-state index contributed by atoms with van der Waals surface area (Å²) in [6.07, 6.45) is 4.45. The lowest BCUT2D eigenvalue weighted by Crippen LogP contribution is -2.28. The number of carbonyl (C=O) groups excluding carboxylic acids is 1. The second-order valence-electron chi connectivity index (χ2n) is 5.93. The lowest BCUT2D eigenvalue weighted by Gasteiger charge is -2.12. The molecule has 0 spiro atoms. The van der Waals surface area contributed by atoms with Crippen molar-refractivity contribution >= 4 is 34.4 Å². The summed E-state index contributed by atoms with van der Waals surface area (Å²) in [7, 11) is 0. The summed E-state index contributed by atoms with van der Waals surface area (Å²) in [5, 5.41) is 12.0. The van der Waals surface area contributed by atoms with Crippen LogP contribution in [0.25, 0.3) is 11.0 Å². The van der Waals surface area contributed by atoms with Gasteiger partial charge in [0.2, 0.25) is 0 Å². The van der Waals surface area contributed by atoms with Gasteiger partial charge in [0.25, 0.3) is 0 Å². The first-order chi connectivity index (χ1) is 14.0. The van der Waals surface area contributed by atoms with Crippen LogP contribution in [-0.4, -0.2) is 26.2 Å². The van der Waals surface area contributed by atoms with E-state index in [0.717, 1.165) is 12.1 Å². The van der Waals surface area contributed by atoms with Crippen LogP contribution in [0, 0.1) is 11.6 Å². The average molecular weight is 419 g/mol. The van der Waals surface area contributed by atoms with Crippen LogP contribution in [0.2, 0.25) is 5.02 Å². The minimum absolute atomic E-state index is 0.0750. The van der Waals surface area contributed by atoms with E-state index in [9.17, 15) is 13.6 Å². The molecule has 0 aliphatic heterocycles. The molecule has 0 radical (unpaired) electrons. The second-order valence-corrected chi connectivity index (χ2v) is 6.34. The Hall–Kier alpha value is -3.66. The molecule has 0 saturated heterocycles. The molecule has 3 heterocycles. The lowest BCUT2D eigenvalue weighted by atomic mass is 10.2. The third-order valence-electron chi connectivity index (χ3n) is 3.95. The monoisotopic (exact) mass is 418 g/mol. The predicted molar refractivity (Wildman–Crippen MR) is 102 cm³/mol. The second kappa shape index (κ2) is 7.76. The molecule has 1 aromatic carbocycles. The molecule has 8 nitrogen and oxygen atoms in total. The summed E-state index contributed by atoms with van der Waals surface area (Å²) in [6.45, 7) is 0.174. The highest BCUT2D eigenvalue weighted by molar-refractivity contribution is 6.36. The highest BCUT2D eigenvalue weighted by Crippen LogP contribution is 2.36. The quantitative estimate of drug-likeness (QED) is 0.387. The number of ether oxygens (including phenoxy) is 1. The van der Waals surface area contributed by atoms with Crippen molar-refractivity contribution in [2.45, 2.75) is 6.54 Å². The number of aromatic nitrogens is 4. The van der Waals surface area contributed by atoms with Crippen molar-refractivity contribution in [1.82, 2.24) is 25.5 Å². The number of hydrogen-bond acceptors (Lipinski definition) is 4. The summed E-state index contributed by atoms with van der Waals surface area (Å²) in [6, 6.07) is 4.38. The van der Waals surface area contributed by atoms with Crippen molar-refractivity contribution in [3.63, 3.8) is 0 Å². The maximum Gasteiger partial charge on any atom is 0.319 e. The van der Waals surface area contributed by atoms with E-state index < -0.39 is 23.4 Å². The van der Waals surface area contributed by atoms with E-state index in [4.69, 9.17) is 16.3 Å². The minimum atomic E-state index is -0.995. The molecule has 11 heteroatoms. The Balaban J connectivity index is 1.51.